The van der Waals surface area contributed by atoms with Crippen LogP contribution in [0.15, 0.2) is 48.5 Å². The molecule has 0 unspecified atom stereocenters. The van der Waals surface area contributed by atoms with Crippen molar-refractivity contribution < 1.29 is 15.3 Å². The summed E-state index contributed by atoms with van der Waals surface area (Å²) in [5.41, 5.74) is 0.924. The van der Waals surface area contributed by atoms with Crippen LogP contribution in [0, 0.1) is 6.92 Å². The van der Waals surface area contributed by atoms with Gasteiger partial charge in [0.1, 0.15) is 17.2 Å². The fourth-order valence-electron chi connectivity index (χ4n) is 1.02. The predicted octanol–water partition coefficient (Wildman–Crippen LogP) is 2.80. The minimum Gasteiger partial charge on any atom is -0.508 e. The molecule has 84 valence electrons. The van der Waals surface area contributed by atoms with Gasteiger partial charge in [-0.3, -0.25) is 0 Å². The van der Waals surface area contributed by atoms with E-state index in [2.05, 4.69) is 0 Å². The van der Waals surface area contributed by atoms with Gasteiger partial charge in [0.15, 0.2) is 0 Å². The number of aromatic hydroxyl groups is 3. The summed E-state index contributed by atoms with van der Waals surface area (Å²) in [4.78, 5) is 0. The summed E-state index contributed by atoms with van der Waals surface area (Å²) in [5, 5.41) is 26.2. The Morgan fingerprint density at radius 3 is 1.44 bits per heavy atom. The lowest BCUT2D eigenvalue weighted by Gasteiger charge is -1.92. The number of para-hydroxylation sites is 1. The summed E-state index contributed by atoms with van der Waals surface area (Å²) in [5.74, 6) is 0.707. The molecule has 0 radical (unpaired) electrons. The quantitative estimate of drug-likeness (QED) is 0.596. The van der Waals surface area contributed by atoms with Crippen molar-refractivity contribution in [3.63, 3.8) is 0 Å². The lowest BCUT2D eigenvalue weighted by atomic mass is 10.2. The van der Waals surface area contributed by atoms with Crippen LogP contribution in [0.1, 0.15) is 5.56 Å². The lowest BCUT2D eigenvalue weighted by Crippen LogP contribution is -1.68. The lowest BCUT2D eigenvalue weighted by molar-refractivity contribution is 0.460. The highest BCUT2D eigenvalue weighted by molar-refractivity contribution is 5.30. The van der Waals surface area contributed by atoms with Crippen molar-refractivity contribution in [1.82, 2.24) is 0 Å². The first kappa shape index (κ1) is 11.9. The number of hydrogen-bond acceptors (Lipinski definition) is 3. The zero-order valence-electron chi connectivity index (χ0n) is 8.96. The van der Waals surface area contributed by atoms with Crippen LogP contribution in [0.3, 0.4) is 0 Å². The molecular formula is C13H14O3. The van der Waals surface area contributed by atoms with Crippen molar-refractivity contribution >= 4 is 0 Å². The van der Waals surface area contributed by atoms with Gasteiger partial charge in [0.05, 0.1) is 0 Å². The Bertz CT molecular complexity index is 393. The number of benzene rings is 2. The number of phenols is 3. The summed E-state index contributed by atoms with van der Waals surface area (Å²) >= 11 is 0. The first-order chi connectivity index (χ1) is 7.59. The number of rotatable bonds is 0. The van der Waals surface area contributed by atoms with E-state index in [9.17, 15) is 0 Å². The third-order valence-electron chi connectivity index (χ3n) is 1.97. The zero-order valence-corrected chi connectivity index (χ0v) is 8.96. The van der Waals surface area contributed by atoms with Crippen LogP contribution in [0.4, 0.5) is 0 Å². The summed E-state index contributed by atoms with van der Waals surface area (Å²) in [6.45, 7) is 1.87. The molecule has 2 aromatic carbocycles. The molecule has 0 heterocycles. The molecule has 2 aromatic rings. The smallest absolute Gasteiger partial charge is 0.118 e. The maximum atomic E-state index is 8.92. The second-order valence-corrected chi connectivity index (χ2v) is 3.30. The molecule has 0 spiro atoms. The van der Waals surface area contributed by atoms with Gasteiger partial charge in [0.2, 0.25) is 0 Å². The van der Waals surface area contributed by atoms with Gasteiger partial charge in [0, 0.05) is 0 Å². The topological polar surface area (TPSA) is 60.7 Å². The number of aryl methyl sites for hydroxylation is 1. The summed E-state index contributed by atoms with van der Waals surface area (Å²) < 4.78 is 0. The van der Waals surface area contributed by atoms with Crippen molar-refractivity contribution in [2.45, 2.75) is 6.92 Å². The molecule has 0 amide bonds. The molecule has 0 saturated heterocycles. The van der Waals surface area contributed by atoms with E-state index in [4.69, 9.17) is 15.3 Å². The summed E-state index contributed by atoms with van der Waals surface area (Å²) in [7, 11) is 0. The SMILES string of the molecule is Cc1ccccc1O.Oc1ccc(O)cc1. The van der Waals surface area contributed by atoms with Crippen LogP contribution in [-0.2, 0) is 0 Å². The van der Waals surface area contributed by atoms with E-state index in [0.29, 0.717) is 5.75 Å². The van der Waals surface area contributed by atoms with E-state index in [-0.39, 0.29) is 11.5 Å². The normalized spacial score (nSPS) is 9.06. The van der Waals surface area contributed by atoms with E-state index in [1.165, 1.54) is 24.3 Å². The Labute approximate surface area is 94.2 Å². The Morgan fingerprint density at radius 1 is 0.688 bits per heavy atom. The molecule has 0 saturated carbocycles. The molecule has 16 heavy (non-hydrogen) atoms. The third kappa shape index (κ3) is 3.92. The first-order valence-corrected chi connectivity index (χ1v) is 4.82. The molecule has 0 aliphatic rings. The van der Waals surface area contributed by atoms with Crippen LogP contribution in [-0.4, -0.2) is 15.3 Å². The minimum atomic E-state index is 0.169. The Hall–Kier alpha value is -2.16. The monoisotopic (exact) mass is 218 g/mol. The molecule has 3 heteroatoms. The van der Waals surface area contributed by atoms with Gasteiger partial charge < -0.3 is 15.3 Å². The predicted molar refractivity (Wildman–Crippen MR) is 62.6 cm³/mol. The van der Waals surface area contributed by atoms with Crippen LogP contribution >= 0.6 is 0 Å². The van der Waals surface area contributed by atoms with Crippen molar-refractivity contribution in [2.24, 2.45) is 0 Å². The Balaban J connectivity index is 0.000000160. The highest BCUT2D eigenvalue weighted by atomic mass is 16.3. The number of hydrogen-bond donors (Lipinski definition) is 3. The minimum absolute atomic E-state index is 0.169. The highest BCUT2D eigenvalue weighted by Gasteiger charge is 1.87. The van der Waals surface area contributed by atoms with Crippen molar-refractivity contribution in [3.05, 3.63) is 54.1 Å². The molecule has 0 bridgehead atoms. The molecule has 3 nitrogen and oxygen atoms in total. The number of phenolic OH excluding ortho intramolecular Hbond substituents is 3. The van der Waals surface area contributed by atoms with Gasteiger partial charge >= 0.3 is 0 Å². The summed E-state index contributed by atoms with van der Waals surface area (Å²) in [6.07, 6.45) is 0. The van der Waals surface area contributed by atoms with E-state index >= 15 is 0 Å². The van der Waals surface area contributed by atoms with Crippen LogP contribution < -0.4 is 0 Å². The Morgan fingerprint density at radius 2 is 1.12 bits per heavy atom. The molecule has 0 aliphatic heterocycles. The molecule has 2 rings (SSSR count). The second kappa shape index (κ2) is 5.66. The highest BCUT2D eigenvalue weighted by Crippen LogP contribution is 2.13. The van der Waals surface area contributed by atoms with Crippen LogP contribution in [0.25, 0.3) is 0 Å². The first-order valence-electron chi connectivity index (χ1n) is 4.82. The fourth-order valence-corrected chi connectivity index (χ4v) is 1.02. The molecule has 0 atom stereocenters. The van der Waals surface area contributed by atoms with Crippen molar-refractivity contribution in [2.75, 3.05) is 0 Å². The zero-order chi connectivity index (χ0) is 12.0. The molecule has 0 aromatic heterocycles. The van der Waals surface area contributed by atoms with Gasteiger partial charge in [-0.05, 0) is 42.8 Å². The second-order valence-electron chi connectivity index (χ2n) is 3.30. The van der Waals surface area contributed by atoms with E-state index in [1.54, 1.807) is 6.07 Å². The molecule has 0 aliphatic carbocycles. The van der Waals surface area contributed by atoms with Gasteiger partial charge in [-0.2, -0.15) is 0 Å². The van der Waals surface area contributed by atoms with Gasteiger partial charge in [-0.25, -0.2) is 0 Å². The van der Waals surface area contributed by atoms with Crippen molar-refractivity contribution in [1.29, 1.82) is 0 Å². The molecule has 3 N–H and O–H groups in total. The van der Waals surface area contributed by atoms with Gasteiger partial charge in [0.25, 0.3) is 0 Å². The van der Waals surface area contributed by atoms with Gasteiger partial charge in [-0.1, -0.05) is 18.2 Å². The average Bonchev–Trinajstić information content (AvgIpc) is 2.28. The third-order valence-corrected chi connectivity index (χ3v) is 1.97. The standard InChI is InChI=1S/C7H8O.C6H6O2/c1-6-4-2-3-5-7(6)8;7-5-1-2-6(8)4-3-5/h2-5,8H,1H3;1-4,7-8H. The maximum absolute atomic E-state index is 8.92. The Kier molecular flexibility index (Phi) is 4.21. The largest absolute Gasteiger partial charge is 0.508 e. The van der Waals surface area contributed by atoms with E-state index in [1.807, 2.05) is 25.1 Å². The fraction of sp³-hybridized carbons (Fsp3) is 0.0769. The molecular weight excluding hydrogens is 204 g/mol. The van der Waals surface area contributed by atoms with E-state index < -0.39 is 0 Å². The van der Waals surface area contributed by atoms with E-state index in [0.717, 1.165) is 5.56 Å². The van der Waals surface area contributed by atoms with Gasteiger partial charge in [-0.15, -0.1) is 0 Å². The maximum Gasteiger partial charge on any atom is 0.118 e. The molecule has 0 fully saturated rings. The summed E-state index contributed by atoms with van der Waals surface area (Å²) in [6, 6.07) is 13.0. The average molecular weight is 218 g/mol. The van der Waals surface area contributed by atoms with Crippen LogP contribution in [0.5, 0.6) is 17.2 Å². The van der Waals surface area contributed by atoms with Crippen molar-refractivity contribution in [3.8, 4) is 17.2 Å². The van der Waals surface area contributed by atoms with Crippen LogP contribution in [0.2, 0.25) is 0 Å².